The van der Waals surface area contributed by atoms with Gasteiger partial charge < -0.3 is 4.74 Å². The van der Waals surface area contributed by atoms with Gasteiger partial charge in [-0.05, 0) is 35.9 Å². The Labute approximate surface area is 159 Å². The molecule has 0 amide bonds. The second-order valence-electron chi connectivity index (χ2n) is 6.72. The normalized spacial score (nSPS) is 13.0. The van der Waals surface area contributed by atoms with Gasteiger partial charge in [-0.25, -0.2) is 4.98 Å². The van der Waals surface area contributed by atoms with Crippen molar-refractivity contribution in [2.75, 3.05) is 0 Å². The number of halogens is 3. The lowest BCUT2D eigenvalue weighted by atomic mass is 9.93. The Hall–Kier alpha value is -3.34. The van der Waals surface area contributed by atoms with Crippen molar-refractivity contribution in [3.8, 4) is 28.1 Å². The van der Waals surface area contributed by atoms with Crippen LogP contribution in [0.25, 0.3) is 33.3 Å². The Kier molecular flexibility index (Phi) is 3.66. The summed E-state index contributed by atoms with van der Waals surface area (Å²) in [5.74, 6) is 0.850. The summed E-state index contributed by atoms with van der Waals surface area (Å²) in [6, 6.07) is 20.7. The third-order valence-electron chi connectivity index (χ3n) is 5.02. The molecule has 0 atom stereocenters. The fraction of sp³-hybridized carbons (Fsp3) is 0.0870. The minimum absolute atomic E-state index is 0.439. The van der Waals surface area contributed by atoms with Crippen LogP contribution in [0.1, 0.15) is 11.1 Å². The predicted octanol–water partition coefficient (Wildman–Crippen LogP) is 6.48. The Bertz CT molecular complexity index is 1210. The monoisotopic (exact) mass is 377 g/mol. The molecule has 0 saturated heterocycles. The number of fused-ring (bicyclic) bond motifs is 5. The zero-order valence-electron chi connectivity index (χ0n) is 14.6. The molecule has 0 saturated carbocycles. The largest absolute Gasteiger partial charge is 0.488 e. The molecular formula is C23H14F3NO. The summed E-state index contributed by atoms with van der Waals surface area (Å²) in [6.45, 7) is 0.439. The van der Waals surface area contributed by atoms with E-state index in [1.54, 1.807) is 12.1 Å². The molecule has 1 aliphatic rings. The molecule has 0 fully saturated rings. The number of hydrogen-bond acceptors (Lipinski definition) is 2. The smallest absolute Gasteiger partial charge is 0.416 e. The van der Waals surface area contributed by atoms with E-state index in [0.717, 1.165) is 45.5 Å². The molecule has 28 heavy (non-hydrogen) atoms. The summed E-state index contributed by atoms with van der Waals surface area (Å²) in [7, 11) is 0. The van der Waals surface area contributed by atoms with Crippen LogP contribution in [-0.4, -0.2) is 4.98 Å². The molecule has 1 aliphatic heterocycles. The fourth-order valence-electron chi connectivity index (χ4n) is 3.65. The summed E-state index contributed by atoms with van der Waals surface area (Å²) in [5, 5.41) is 0.947. The van der Waals surface area contributed by atoms with Crippen molar-refractivity contribution in [3.05, 3.63) is 83.9 Å². The highest BCUT2D eigenvalue weighted by atomic mass is 19.4. The SMILES string of the molecule is FC(F)(F)c1cccc(-c2ccc3c4c(ccc3n2)-c2ccccc2OC4)c1. The van der Waals surface area contributed by atoms with E-state index in [-0.39, 0.29) is 0 Å². The summed E-state index contributed by atoms with van der Waals surface area (Å²) in [6.07, 6.45) is -4.38. The summed E-state index contributed by atoms with van der Waals surface area (Å²) < 4.78 is 44.9. The zero-order valence-corrected chi connectivity index (χ0v) is 14.6. The van der Waals surface area contributed by atoms with Gasteiger partial charge in [-0.3, -0.25) is 0 Å². The second-order valence-corrected chi connectivity index (χ2v) is 6.72. The van der Waals surface area contributed by atoms with Crippen LogP contribution in [0.2, 0.25) is 0 Å². The van der Waals surface area contributed by atoms with Crippen LogP contribution in [0, 0.1) is 0 Å². The molecule has 4 aromatic rings. The number of ether oxygens (including phenoxy) is 1. The minimum atomic E-state index is -4.38. The van der Waals surface area contributed by atoms with Crippen molar-refractivity contribution < 1.29 is 17.9 Å². The van der Waals surface area contributed by atoms with Crippen LogP contribution in [0.3, 0.4) is 0 Å². The molecule has 3 aromatic carbocycles. The van der Waals surface area contributed by atoms with Gasteiger partial charge >= 0.3 is 6.18 Å². The standard InChI is InChI=1S/C23H14F3NO/c24-23(25,26)15-5-3-4-14(12-15)20-10-9-17-19-13-28-22-7-2-1-6-18(22)16(19)8-11-21(17)27-20/h1-12H,13H2. The van der Waals surface area contributed by atoms with Crippen molar-refractivity contribution in [3.63, 3.8) is 0 Å². The van der Waals surface area contributed by atoms with Crippen molar-refractivity contribution in [2.24, 2.45) is 0 Å². The number of pyridine rings is 1. The van der Waals surface area contributed by atoms with Gasteiger partial charge in [-0.15, -0.1) is 0 Å². The summed E-state index contributed by atoms with van der Waals surface area (Å²) in [4.78, 5) is 4.61. The highest BCUT2D eigenvalue weighted by molar-refractivity contribution is 5.92. The number of alkyl halides is 3. The van der Waals surface area contributed by atoms with Crippen LogP contribution < -0.4 is 4.74 Å². The van der Waals surface area contributed by atoms with Gasteiger partial charge in [0.1, 0.15) is 12.4 Å². The maximum absolute atomic E-state index is 13.0. The molecule has 1 aromatic heterocycles. The predicted molar refractivity (Wildman–Crippen MR) is 102 cm³/mol. The molecule has 0 N–H and O–H groups in total. The van der Waals surface area contributed by atoms with Gasteiger partial charge in [-0.1, -0.05) is 42.5 Å². The Morgan fingerprint density at radius 3 is 2.54 bits per heavy atom. The van der Waals surface area contributed by atoms with Gasteiger partial charge in [0.05, 0.1) is 16.8 Å². The van der Waals surface area contributed by atoms with Gasteiger partial charge in [0.15, 0.2) is 0 Å². The van der Waals surface area contributed by atoms with Crippen LogP contribution >= 0.6 is 0 Å². The van der Waals surface area contributed by atoms with E-state index in [2.05, 4.69) is 4.98 Å². The van der Waals surface area contributed by atoms with Crippen LogP contribution in [0.15, 0.2) is 72.8 Å². The first kappa shape index (κ1) is 16.8. The van der Waals surface area contributed by atoms with E-state index in [1.807, 2.05) is 42.5 Å². The number of rotatable bonds is 1. The van der Waals surface area contributed by atoms with Crippen LogP contribution in [0.5, 0.6) is 5.75 Å². The second kappa shape index (κ2) is 6.09. The van der Waals surface area contributed by atoms with Crippen LogP contribution in [-0.2, 0) is 12.8 Å². The highest BCUT2D eigenvalue weighted by Crippen LogP contribution is 2.40. The average molecular weight is 377 g/mol. The number of para-hydroxylation sites is 1. The topological polar surface area (TPSA) is 22.1 Å². The van der Waals surface area contributed by atoms with E-state index >= 15 is 0 Å². The minimum Gasteiger partial charge on any atom is -0.488 e. The fourth-order valence-corrected chi connectivity index (χ4v) is 3.65. The molecule has 0 aliphatic carbocycles. The van der Waals surface area contributed by atoms with Crippen molar-refractivity contribution in [2.45, 2.75) is 12.8 Å². The lowest BCUT2D eigenvalue weighted by Gasteiger charge is -2.22. The Morgan fingerprint density at radius 1 is 0.821 bits per heavy atom. The quantitative estimate of drug-likeness (QED) is 0.379. The van der Waals surface area contributed by atoms with Gasteiger partial charge in [0.2, 0.25) is 0 Å². The molecule has 5 rings (SSSR count). The Morgan fingerprint density at radius 2 is 1.68 bits per heavy atom. The summed E-state index contributed by atoms with van der Waals surface area (Å²) >= 11 is 0. The van der Waals surface area contributed by atoms with E-state index < -0.39 is 11.7 Å². The molecule has 138 valence electrons. The number of aromatic nitrogens is 1. The summed E-state index contributed by atoms with van der Waals surface area (Å²) in [5.41, 5.74) is 4.18. The first-order chi connectivity index (χ1) is 13.5. The lowest BCUT2D eigenvalue weighted by Crippen LogP contribution is -2.06. The van der Waals surface area contributed by atoms with E-state index in [0.29, 0.717) is 17.9 Å². The molecule has 2 nitrogen and oxygen atoms in total. The van der Waals surface area contributed by atoms with Gasteiger partial charge in [0.25, 0.3) is 0 Å². The third-order valence-corrected chi connectivity index (χ3v) is 5.02. The Balaban J connectivity index is 1.63. The highest BCUT2D eigenvalue weighted by Gasteiger charge is 2.30. The maximum atomic E-state index is 13.0. The third kappa shape index (κ3) is 2.71. The number of benzene rings is 3. The average Bonchev–Trinajstić information content (AvgIpc) is 2.72. The van der Waals surface area contributed by atoms with Crippen LogP contribution in [0.4, 0.5) is 13.2 Å². The zero-order chi connectivity index (χ0) is 19.3. The molecular weight excluding hydrogens is 363 g/mol. The van der Waals surface area contributed by atoms with E-state index in [4.69, 9.17) is 4.74 Å². The first-order valence-corrected chi connectivity index (χ1v) is 8.83. The molecule has 0 bridgehead atoms. The molecule has 0 radical (unpaired) electrons. The van der Waals surface area contributed by atoms with Crippen molar-refractivity contribution in [1.29, 1.82) is 0 Å². The van der Waals surface area contributed by atoms with Crippen molar-refractivity contribution in [1.82, 2.24) is 4.98 Å². The van der Waals surface area contributed by atoms with Gasteiger partial charge in [0, 0.05) is 22.1 Å². The van der Waals surface area contributed by atoms with E-state index in [1.165, 1.54) is 6.07 Å². The number of hydrogen-bond donors (Lipinski definition) is 0. The first-order valence-electron chi connectivity index (χ1n) is 8.83. The molecule has 2 heterocycles. The maximum Gasteiger partial charge on any atom is 0.416 e. The van der Waals surface area contributed by atoms with Gasteiger partial charge in [-0.2, -0.15) is 13.2 Å². The lowest BCUT2D eigenvalue weighted by molar-refractivity contribution is -0.137. The molecule has 0 unspecified atom stereocenters. The van der Waals surface area contributed by atoms with Crippen molar-refractivity contribution >= 4 is 10.9 Å². The number of nitrogens with zero attached hydrogens (tertiary/aromatic N) is 1. The molecule has 0 spiro atoms. The molecule has 5 heteroatoms. The van der Waals surface area contributed by atoms with E-state index in [9.17, 15) is 13.2 Å².